The smallest absolute Gasteiger partial charge is 0.345 e. The van der Waals surface area contributed by atoms with Crippen LogP contribution in [0, 0.1) is 0 Å². The fraction of sp³-hybridized carbons (Fsp3) is 0.154. The average Bonchev–Trinajstić information content (AvgIpc) is 3.06. The van der Waals surface area contributed by atoms with Gasteiger partial charge >= 0.3 is 5.97 Å². The Kier molecular flexibility index (Phi) is 4.65. The maximum atomic E-state index is 11.7. The Morgan fingerprint density at radius 3 is 2.65 bits per heavy atom. The van der Waals surface area contributed by atoms with E-state index in [0.29, 0.717) is 12.1 Å². The Morgan fingerprint density at radius 2 is 2.05 bits per heavy atom. The summed E-state index contributed by atoms with van der Waals surface area (Å²) in [5.41, 5.74) is 3.06. The maximum Gasteiger partial charge on any atom is 0.345 e. The number of amides is 1. The molecule has 20 heavy (non-hydrogen) atoms. The minimum absolute atomic E-state index is 0.193. The van der Waals surface area contributed by atoms with Gasteiger partial charge in [0.2, 0.25) is 5.91 Å². The third kappa shape index (κ3) is 3.75. The summed E-state index contributed by atoms with van der Waals surface area (Å²) in [7, 11) is 0. The van der Waals surface area contributed by atoms with Gasteiger partial charge in [0.1, 0.15) is 4.88 Å². The van der Waals surface area contributed by atoms with Gasteiger partial charge in [-0.3, -0.25) is 4.79 Å². The molecule has 0 fully saturated rings. The lowest BCUT2D eigenvalue weighted by Crippen LogP contribution is -2.20. The lowest BCUT2D eigenvalue weighted by molar-refractivity contribution is -0.120. The van der Waals surface area contributed by atoms with E-state index in [-0.39, 0.29) is 10.8 Å². The number of hydrogen-bond donors (Lipinski definition) is 2. The molecular formula is C13H12N2O3S2. The Labute approximate surface area is 123 Å². The number of carbonyl (C=O) groups is 2. The highest BCUT2D eigenvalue weighted by Gasteiger charge is 2.09. The van der Waals surface area contributed by atoms with Crippen LogP contribution in [-0.2, 0) is 11.2 Å². The predicted molar refractivity (Wildman–Crippen MR) is 79.7 cm³/mol. The van der Waals surface area contributed by atoms with Gasteiger partial charge in [-0.25, -0.2) is 10.2 Å². The molecule has 5 nitrogen and oxygen atoms in total. The Balaban J connectivity index is 1.96. The molecule has 0 unspecified atom stereocenters. The van der Waals surface area contributed by atoms with Crippen molar-refractivity contribution < 1.29 is 14.7 Å². The number of aromatic carboxylic acids is 1. The first-order valence-corrected chi connectivity index (χ1v) is 7.45. The van der Waals surface area contributed by atoms with E-state index in [4.69, 9.17) is 5.11 Å². The number of carboxylic acid groups (broad SMARTS) is 1. The first kappa shape index (κ1) is 14.4. The number of rotatable bonds is 5. The fourth-order valence-electron chi connectivity index (χ4n) is 1.46. The molecule has 0 spiro atoms. The zero-order chi connectivity index (χ0) is 14.5. The van der Waals surface area contributed by atoms with E-state index in [1.54, 1.807) is 13.0 Å². The highest BCUT2D eigenvalue weighted by Crippen LogP contribution is 2.17. The molecule has 2 aromatic rings. The summed E-state index contributed by atoms with van der Waals surface area (Å²) in [5, 5.41) is 14.7. The van der Waals surface area contributed by atoms with Gasteiger partial charge in [0.05, 0.1) is 17.0 Å². The second-order valence-corrected chi connectivity index (χ2v) is 6.07. The van der Waals surface area contributed by atoms with Gasteiger partial charge in [-0.2, -0.15) is 5.10 Å². The molecule has 2 rings (SSSR count). The van der Waals surface area contributed by atoms with Crippen LogP contribution in [0.25, 0.3) is 0 Å². The molecule has 2 aromatic heterocycles. The highest BCUT2D eigenvalue weighted by molar-refractivity contribution is 7.15. The third-order valence-corrected chi connectivity index (χ3v) is 4.49. The van der Waals surface area contributed by atoms with Crippen molar-refractivity contribution in [2.75, 3.05) is 0 Å². The molecule has 0 aliphatic heterocycles. The summed E-state index contributed by atoms with van der Waals surface area (Å²) >= 11 is 2.64. The van der Waals surface area contributed by atoms with E-state index in [2.05, 4.69) is 10.5 Å². The van der Waals surface area contributed by atoms with Crippen molar-refractivity contribution in [1.29, 1.82) is 0 Å². The van der Waals surface area contributed by atoms with Crippen molar-refractivity contribution in [3.63, 3.8) is 0 Å². The van der Waals surface area contributed by atoms with Gasteiger partial charge in [-0.1, -0.05) is 6.07 Å². The van der Waals surface area contributed by atoms with Crippen molar-refractivity contribution in [2.24, 2.45) is 5.10 Å². The van der Waals surface area contributed by atoms with Crippen LogP contribution in [0.1, 0.15) is 26.3 Å². The second kappa shape index (κ2) is 6.44. The molecule has 0 saturated heterocycles. The number of hydrazone groups is 1. The van der Waals surface area contributed by atoms with Crippen LogP contribution in [0.3, 0.4) is 0 Å². The summed E-state index contributed by atoms with van der Waals surface area (Å²) in [6.45, 7) is 1.73. The van der Waals surface area contributed by atoms with Gasteiger partial charge in [-0.15, -0.1) is 22.7 Å². The number of carboxylic acids is 1. The molecule has 0 aliphatic carbocycles. The first-order valence-electron chi connectivity index (χ1n) is 5.75. The van der Waals surface area contributed by atoms with Gasteiger partial charge < -0.3 is 5.11 Å². The normalized spacial score (nSPS) is 11.3. The Hall–Kier alpha value is -1.99. The zero-order valence-electron chi connectivity index (χ0n) is 10.6. The molecule has 0 atom stereocenters. The van der Waals surface area contributed by atoms with Gasteiger partial charge in [-0.05, 0) is 30.5 Å². The second-order valence-electron chi connectivity index (χ2n) is 3.96. The molecule has 2 N–H and O–H groups in total. The van der Waals surface area contributed by atoms with E-state index < -0.39 is 5.97 Å². The predicted octanol–water partition coefficient (Wildman–Crippen LogP) is 2.59. The molecule has 2 heterocycles. The number of hydrogen-bond acceptors (Lipinski definition) is 5. The van der Waals surface area contributed by atoms with E-state index in [1.807, 2.05) is 17.5 Å². The van der Waals surface area contributed by atoms with E-state index in [0.717, 1.165) is 21.1 Å². The molecule has 7 heteroatoms. The lowest BCUT2D eigenvalue weighted by atomic mass is 10.3. The summed E-state index contributed by atoms with van der Waals surface area (Å²) in [6, 6.07) is 6.98. The summed E-state index contributed by atoms with van der Waals surface area (Å²) in [4.78, 5) is 24.4. The third-order valence-electron chi connectivity index (χ3n) is 2.44. The van der Waals surface area contributed by atoms with Crippen LogP contribution in [0.15, 0.2) is 34.7 Å². The average molecular weight is 308 g/mol. The van der Waals surface area contributed by atoms with E-state index in [9.17, 15) is 9.59 Å². The number of carbonyl (C=O) groups excluding carboxylic acids is 1. The standard InChI is InChI=1S/C13H12N2O3S2/c1-8(10-4-5-11(20-10)13(17)18)14-15-12(16)7-9-3-2-6-19-9/h2-6H,7H2,1H3,(H,15,16)(H,17,18)/b14-8-. The van der Waals surface area contributed by atoms with Crippen molar-refractivity contribution >= 4 is 40.3 Å². The van der Waals surface area contributed by atoms with Gasteiger partial charge in [0.15, 0.2) is 0 Å². The molecule has 0 bridgehead atoms. The highest BCUT2D eigenvalue weighted by atomic mass is 32.1. The van der Waals surface area contributed by atoms with Gasteiger partial charge in [0.25, 0.3) is 0 Å². The van der Waals surface area contributed by atoms with E-state index >= 15 is 0 Å². The largest absolute Gasteiger partial charge is 0.477 e. The first-order chi connectivity index (χ1) is 9.56. The van der Waals surface area contributed by atoms with Crippen LogP contribution in [0.4, 0.5) is 0 Å². The maximum absolute atomic E-state index is 11.7. The number of nitrogens with one attached hydrogen (secondary N) is 1. The quantitative estimate of drug-likeness (QED) is 0.658. The molecule has 1 amide bonds. The zero-order valence-corrected chi connectivity index (χ0v) is 12.3. The Bertz CT molecular complexity index is 644. The van der Waals surface area contributed by atoms with Gasteiger partial charge in [0, 0.05) is 4.88 Å². The summed E-state index contributed by atoms with van der Waals surface area (Å²) in [6.07, 6.45) is 0.291. The SMILES string of the molecule is C/C(=N/NC(=O)Cc1cccs1)c1ccc(C(=O)O)s1. The minimum atomic E-state index is -0.962. The fourth-order valence-corrected chi connectivity index (χ4v) is 2.95. The topological polar surface area (TPSA) is 78.8 Å². The number of nitrogens with zero attached hydrogens (tertiary/aromatic N) is 1. The summed E-state index contributed by atoms with van der Waals surface area (Å²) in [5.74, 6) is -1.16. The Morgan fingerprint density at radius 1 is 1.30 bits per heavy atom. The van der Waals surface area contributed by atoms with Crippen molar-refractivity contribution in [1.82, 2.24) is 5.43 Å². The van der Waals surface area contributed by atoms with Crippen molar-refractivity contribution in [3.05, 3.63) is 44.3 Å². The van der Waals surface area contributed by atoms with Crippen LogP contribution >= 0.6 is 22.7 Å². The molecule has 0 radical (unpaired) electrons. The molecule has 0 aromatic carbocycles. The molecule has 0 saturated carbocycles. The summed E-state index contributed by atoms with van der Waals surface area (Å²) < 4.78 is 0. The van der Waals surface area contributed by atoms with Crippen molar-refractivity contribution in [3.8, 4) is 0 Å². The van der Waals surface area contributed by atoms with Crippen LogP contribution in [-0.4, -0.2) is 22.7 Å². The lowest BCUT2D eigenvalue weighted by Gasteiger charge is -1.99. The van der Waals surface area contributed by atoms with E-state index in [1.165, 1.54) is 17.4 Å². The molecule has 104 valence electrons. The van der Waals surface area contributed by atoms with Crippen molar-refractivity contribution in [2.45, 2.75) is 13.3 Å². The number of thiophene rings is 2. The minimum Gasteiger partial charge on any atom is -0.477 e. The van der Waals surface area contributed by atoms with Crippen LogP contribution < -0.4 is 5.43 Å². The molecule has 0 aliphatic rings. The van der Waals surface area contributed by atoms with Crippen LogP contribution in [0.2, 0.25) is 0 Å². The monoisotopic (exact) mass is 308 g/mol. The van der Waals surface area contributed by atoms with Crippen LogP contribution in [0.5, 0.6) is 0 Å². The molecular weight excluding hydrogens is 296 g/mol.